The smallest absolute Gasteiger partial charge is 0.150 e. The summed E-state index contributed by atoms with van der Waals surface area (Å²) in [6.45, 7) is 0.469. The van der Waals surface area contributed by atoms with E-state index in [4.69, 9.17) is 16.3 Å². The minimum Gasteiger partial charge on any atom is -0.487 e. The summed E-state index contributed by atoms with van der Waals surface area (Å²) < 4.78 is 6.62. The summed E-state index contributed by atoms with van der Waals surface area (Å²) in [6, 6.07) is 6.97. The molecule has 1 heterocycles. The molecule has 1 aromatic heterocycles. The van der Waals surface area contributed by atoms with Crippen LogP contribution in [0.5, 0.6) is 5.75 Å². The Labute approximate surface area is 116 Å². The molecule has 1 aromatic carbocycles. The summed E-state index contributed by atoms with van der Waals surface area (Å²) in [7, 11) is 0. The highest BCUT2D eigenvalue weighted by molar-refractivity contribution is 9.10. The quantitative estimate of drug-likeness (QED) is 0.768. The summed E-state index contributed by atoms with van der Waals surface area (Å²) in [5.41, 5.74) is 0.543. The van der Waals surface area contributed by atoms with Crippen LogP contribution in [0.3, 0.4) is 0 Å². The Morgan fingerprint density at radius 3 is 2.82 bits per heavy atom. The maximum Gasteiger partial charge on any atom is 0.150 e. The molecule has 2 rings (SSSR count). The molecule has 0 aliphatic carbocycles. The van der Waals surface area contributed by atoms with Crippen LogP contribution in [-0.2, 0) is 6.61 Å². The van der Waals surface area contributed by atoms with E-state index in [2.05, 4.69) is 15.9 Å². The average Bonchev–Trinajstić information content (AvgIpc) is 2.73. The summed E-state index contributed by atoms with van der Waals surface area (Å²) in [6.07, 6.45) is 0.756. The van der Waals surface area contributed by atoms with Crippen LogP contribution < -0.4 is 4.74 Å². The van der Waals surface area contributed by atoms with Crippen LogP contribution in [0.4, 0.5) is 0 Å². The number of benzene rings is 1. The lowest BCUT2D eigenvalue weighted by molar-refractivity contribution is 0.112. The third kappa shape index (κ3) is 3.31. The monoisotopic (exact) mass is 330 g/mol. The zero-order valence-corrected chi connectivity index (χ0v) is 11.8. The molecule has 17 heavy (non-hydrogen) atoms. The van der Waals surface area contributed by atoms with Crippen LogP contribution in [0.1, 0.15) is 15.2 Å². The van der Waals surface area contributed by atoms with E-state index >= 15 is 0 Å². The molecule has 2 nitrogen and oxygen atoms in total. The molecule has 88 valence electrons. The Balaban J connectivity index is 2.06. The second-order valence-electron chi connectivity index (χ2n) is 3.33. The number of rotatable bonds is 4. The lowest BCUT2D eigenvalue weighted by Crippen LogP contribution is -1.94. The second kappa shape index (κ2) is 5.67. The fourth-order valence-corrected chi connectivity index (χ4v) is 2.89. The van der Waals surface area contributed by atoms with Gasteiger partial charge < -0.3 is 4.74 Å². The number of carbonyl (C=O) groups excluding carboxylic acids is 1. The van der Waals surface area contributed by atoms with Crippen molar-refractivity contribution >= 4 is 45.2 Å². The number of carbonyl (C=O) groups is 1. The van der Waals surface area contributed by atoms with Gasteiger partial charge in [-0.3, -0.25) is 4.79 Å². The maximum absolute atomic E-state index is 10.5. The molecule has 0 saturated heterocycles. The summed E-state index contributed by atoms with van der Waals surface area (Å²) >= 11 is 11.0. The molecule has 0 spiro atoms. The van der Waals surface area contributed by atoms with E-state index in [-0.39, 0.29) is 0 Å². The first-order valence-corrected chi connectivity index (χ1v) is 6.84. The second-order valence-corrected chi connectivity index (χ2v) is 5.65. The zero-order chi connectivity index (χ0) is 12.3. The van der Waals surface area contributed by atoms with Gasteiger partial charge in [-0.1, -0.05) is 11.6 Å². The third-order valence-corrected chi connectivity index (χ3v) is 4.05. The Morgan fingerprint density at radius 1 is 1.41 bits per heavy atom. The summed E-state index contributed by atoms with van der Waals surface area (Å²) in [5, 5.41) is 2.45. The predicted molar refractivity (Wildman–Crippen MR) is 73.2 cm³/mol. The Hall–Kier alpha value is -0.840. The maximum atomic E-state index is 10.5. The Morgan fingerprint density at radius 2 is 2.24 bits per heavy atom. The normalized spacial score (nSPS) is 10.2. The lowest BCUT2D eigenvalue weighted by Gasteiger charge is -2.06. The van der Waals surface area contributed by atoms with Crippen molar-refractivity contribution in [1.29, 1.82) is 0 Å². The van der Waals surface area contributed by atoms with Gasteiger partial charge in [0.2, 0.25) is 0 Å². The highest BCUT2D eigenvalue weighted by Gasteiger charge is 2.04. The van der Waals surface area contributed by atoms with E-state index in [9.17, 15) is 4.79 Å². The van der Waals surface area contributed by atoms with Crippen molar-refractivity contribution in [3.63, 3.8) is 0 Å². The van der Waals surface area contributed by atoms with Gasteiger partial charge in [0.15, 0.2) is 0 Å². The molecular weight excluding hydrogens is 324 g/mol. The van der Waals surface area contributed by atoms with Crippen molar-refractivity contribution in [1.82, 2.24) is 0 Å². The Kier molecular flexibility index (Phi) is 4.20. The fourth-order valence-electron chi connectivity index (χ4n) is 1.29. The third-order valence-electron chi connectivity index (χ3n) is 2.08. The van der Waals surface area contributed by atoms with Gasteiger partial charge in [0.05, 0.1) is 5.02 Å². The number of halogens is 2. The first-order chi connectivity index (χ1) is 8.19. The number of hydrogen-bond acceptors (Lipinski definition) is 3. The standard InChI is InChI=1S/C12H8BrClO2S/c13-9-4-10(17-7-9)6-16-12-2-1-8(5-15)3-11(12)14/h1-5,7H,6H2. The van der Waals surface area contributed by atoms with Gasteiger partial charge in [-0.2, -0.15) is 0 Å². The molecule has 0 radical (unpaired) electrons. The molecule has 0 fully saturated rings. The molecule has 0 bridgehead atoms. The predicted octanol–water partition coefficient (Wildman–Crippen LogP) is 4.56. The number of hydrogen-bond donors (Lipinski definition) is 0. The number of thiophene rings is 1. The fraction of sp³-hybridized carbons (Fsp3) is 0.0833. The van der Waals surface area contributed by atoms with Crippen LogP contribution in [0.2, 0.25) is 5.02 Å². The largest absolute Gasteiger partial charge is 0.487 e. The van der Waals surface area contributed by atoms with Crippen molar-refractivity contribution in [3.8, 4) is 5.75 Å². The minimum atomic E-state index is 0.449. The zero-order valence-electron chi connectivity index (χ0n) is 8.65. The summed E-state index contributed by atoms with van der Waals surface area (Å²) in [5.74, 6) is 0.585. The van der Waals surface area contributed by atoms with Gasteiger partial charge in [0, 0.05) is 20.3 Å². The van der Waals surface area contributed by atoms with Gasteiger partial charge >= 0.3 is 0 Å². The topological polar surface area (TPSA) is 26.3 Å². The molecule has 5 heteroatoms. The molecule has 0 aliphatic rings. The van der Waals surface area contributed by atoms with Crippen LogP contribution >= 0.6 is 38.9 Å². The van der Waals surface area contributed by atoms with Crippen molar-refractivity contribution in [2.75, 3.05) is 0 Å². The van der Waals surface area contributed by atoms with E-state index in [0.29, 0.717) is 22.9 Å². The highest BCUT2D eigenvalue weighted by Crippen LogP contribution is 2.27. The number of aldehydes is 1. The van der Waals surface area contributed by atoms with Crippen LogP contribution in [0.15, 0.2) is 34.1 Å². The molecule has 2 aromatic rings. The van der Waals surface area contributed by atoms with Crippen LogP contribution in [-0.4, -0.2) is 6.29 Å². The molecule has 0 atom stereocenters. The van der Waals surface area contributed by atoms with Gasteiger partial charge in [-0.05, 0) is 40.2 Å². The van der Waals surface area contributed by atoms with Gasteiger partial charge in [-0.15, -0.1) is 11.3 Å². The first-order valence-electron chi connectivity index (χ1n) is 4.79. The molecule has 0 N–H and O–H groups in total. The lowest BCUT2D eigenvalue weighted by atomic mass is 10.2. The molecule has 0 amide bonds. The molecular formula is C12H8BrClO2S. The van der Waals surface area contributed by atoms with Crippen molar-refractivity contribution in [2.45, 2.75) is 6.61 Å². The van der Waals surface area contributed by atoms with Crippen molar-refractivity contribution in [3.05, 3.63) is 49.6 Å². The first kappa shape index (κ1) is 12.6. The summed E-state index contributed by atoms with van der Waals surface area (Å²) in [4.78, 5) is 11.7. The van der Waals surface area contributed by atoms with Gasteiger partial charge in [0.1, 0.15) is 18.6 Å². The average molecular weight is 332 g/mol. The van der Waals surface area contributed by atoms with E-state index in [1.807, 2.05) is 11.4 Å². The minimum absolute atomic E-state index is 0.449. The van der Waals surface area contributed by atoms with Crippen LogP contribution in [0.25, 0.3) is 0 Å². The molecule has 0 aliphatic heterocycles. The SMILES string of the molecule is O=Cc1ccc(OCc2cc(Br)cs2)c(Cl)c1. The molecule has 0 unspecified atom stereocenters. The van der Waals surface area contributed by atoms with Crippen LogP contribution in [0, 0.1) is 0 Å². The Bertz CT molecular complexity index is 539. The van der Waals surface area contributed by atoms with E-state index < -0.39 is 0 Å². The van der Waals surface area contributed by atoms with Gasteiger partial charge in [0.25, 0.3) is 0 Å². The van der Waals surface area contributed by atoms with Crippen molar-refractivity contribution in [2.24, 2.45) is 0 Å². The van der Waals surface area contributed by atoms with E-state index in [1.54, 1.807) is 29.5 Å². The highest BCUT2D eigenvalue weighted by atomic mass is 79.9. The number of ether oxygens (including phenoxy) is 1. The van der Waals surface area contributed by atoms with E-state index in [0.717, 1.165) is 15.6 Å². The van der Waals surface area contributed by atoms with E-state index in [1.165, 1.54) is 0 Å². The molecule has 0 saturated carbocycles. The van der Waals surface area contributed by atoms with Gasteiger partial charge in [-0.25, -0.2) is 0 Å². The van der Waals surface area contributed by atoms with Crippen molar-refractivity contribution < 1.29 is 9.53 Å².